The summed E-state index contributed by atoms with van der Waals surface area (Å²) in [6.07, 6.45) is 0.439. The molecule has 3 aromatic carbocycles. The molecule has 0 aromatic heterocycles. The van der Waals surface area contributed by atoms with Crippen LogP contribution in [-0.2, 0) is 19.1 Å². The van der Waals surface area contributed by atoms with E-state index in [0.717, 1.165) is 10.8 Å². The van der Waals surface area contributed by atoms with Crippen LogP contribution >= 0.6 is 0 Å². The summed E-state index contributed by atoms with van der Waals surface area (Å²) in [4.78, 5) is 36.5. The number of ether oxygens (including phenoxy) is 1. The summed E-state index contributed by atoms with van der Waals surface area (Å²) < 4.78 is 5.27. The Morgan fingerprint density at radius 3 is 2.27 bits per heavy atom. The van der Waals surface area contributed by atoms with Crippen molar-refractivity contribution in [2.45, 2.75) is 20.0 Å². The first kappa shape index (κ1) is 20.8. The van der Waals surface area contributed by atoms with Crippen LogP contribution in [0.5, 0.6) is 0 Å². The number of anilines is 1. The molecular formula is C24H22N2O4. The highest BCUT2D eigenvalue weighted by Gasteiger charge is 2.21. The van der Waals surface area contributed by atoms with E-state index in [1.807, 2.05) is 54.6 Å². The van der Waals surface area contributed by atoms with E-state index in [0.29, 0.717) is 11.3 Å². The number of esters is 1. The maximum Gasteiger partial charge on any atom is 0.355 e. The molecule has 0 spiro atoms. The van der Waals surface area contributed by atoms with Crippen LogP contribution in [0.1, 0.15) is 19.4 Å². The Balaban J connectivity index is 1.69. The third-order valence-corrected chi connectivity index (χ3v) is 4.31. The lowest BCUT2D eigenvalue weighted by atomic mass is 10.1. The fourth-order valence-corrected chi connectivity index (χ4v) is 2.84. The minimum atomic E-state index is -1.06. The van der Waals surface area contributed by atoms with E-state index in [2.05, 4.69) is 10.6 Å². The molecule has 0 unspecified atom stereocenters. The Hall–Kier alpha value is -3.93. The highest BCUT2D eigenvalue weighted by atomic mass is 16.5. The Morgan fingerprint density at radius 1 is 0.900 bits per heavy atom. The molecule has 2 amide bonds. The predicted octanol–water partition coefficient (Wildman–Crippen LogP) is 3.89. The monoisotopic (exact) mass is 402 g/mol. The van der Waals surface area contributed by atoms with Crippen molar-refractivity contribution in [1.82, 2.24) is 5.32 Å². The van der Waals surface area contributed by atoms with Crippen molar-refractivity contribution in [3.8, 4) is 0 Å². The van der Waals surface area contributed by atoms with Gasteiger partial charge in [-0.15, -0.1) is 0 Å². The molecule has 30 heavy (non-hydrogen) atoms. The molecule has 0 bridgehead atoms. The zero-order valence-corrected chi connectivity index (χ0v) is 16.7. The number of hydrogen-bond donors (Lipinski definition) is 2. The van der Waals surface area contributed by atoms with Gasteiger partial charge in [0.2, 0.25) is 5.91 Å². The first-order chi connectivity index (χ1) is 14.4. The van der Waals surface area contributed by atoms with Gasteiger partial charge in [0.25, 0.3) is 5.91 Å². The van der Waals surface area contributed by atoms with Gasteiger partial charge in [0, 0.05) is 12.6 Å². The maximum absolute atomic E-state index is 12.5. The normalized spacial score (nSPS) is 12.1. The van der Waals surface area contributed by atoms with Crippen molar-refractivity contribution in [2.75, 3.05) is 5.32 Å². The summed E-state index contributed by atoms with van der Waals surface area (Å²) >= 11 is 0. The number of fused-ring (bicyclic) bond motifs is 1. The average molecular weight is 402 g/mol. The Labute approximate surface area is 174 Å². The number of amides is 2. The van der Waals surface area contributed by atoms with Crippen LogP contribution in [0, 0.1) is 0 Å². The molecule has 0 aliphatic carbocycles. The lowest BCUT2D eigenvalue weighted by molar-refractivity contribution is -0.149. The molecule has 0 radical (unpaired) electrons. The molecule has 0 heterocycles. The minimum Gasteiger partial charge on any atom is -0.448 e. The number of benzene rings is 3. The number of carbonyl (C=O) groups is 3. The Morgan fingerprint density at radius 2 is 1.57 bits per heavy atom. The highest BCUT2D eigenvalue weighted by molar-refractivity contribution is 6.01. The quantitative estimate of drug-likeness (QED) is 0.484. The number of carbonyl (C=O) groups excluding carboxylic acids is 3. The van der Waals surface area contributed by atoms with Crippen molar-refractivity contribution in [1.29, 1.82) is 0 Å². The number of nitrogens with one attached hydrogen (secondary N) is 2. The van der Waals surface area contributed by atoms with Gasteiger partial charge in [0.05, 0.1) is 0 Å². The molecule has 0 aliphatic rings. The lowest BCUT2D eigenvalue weighted by Gasteiger charge is -2.15. The van der Waals surface area contributed by atoms with Gasteiger partial charge in [-0.05, 0) is 41.5 Å². The van der Waals surface area contributed by atoms with E-state index in [1.165, 1.54) is 19.9 Å². The molecule has 0 saturated carbocycles. The number of hydrogen-bond acceptors (Lipinski definition) is 4. The predicted molar refractivity (Wildman–Crippen MR) is 116 cm³/mol. The Bertz CT molecular complexity index is 1110. The van der Waals surface area contributed by atoms with Gasteiger partial charge in [-0.25, -0.2) is 4.79 Å². The first-order valence-corrected chi connectivity index (χ1v) is 9.47. The van der Waals surface area contributed by atoms with Gasteiger partial charge in [0.1, 0.15) is 5.70 Å². The third kappa shape index (κ3) is 5.54. The summed E-state index contributed by atoms with van der Waals surface area (Å²) in [5, 5.41) is 7.25. The van der Waals surface area contributed by atoms with E-state index < -0.39 is 23.9 Å². The van der Waals surface area contributed by atoms with Crippen LogP contribution in [-0.4, -0.2) is 23.9 Å². The lowest BCUT2D eigenvalue weighted by Crippen LogP contribution is -2.33. The molecule has 0 saturated heterocycles. The molecular weight excluding hydrogens is 380 g/mol. The summed E-state index contributed by atoms with van der Waals surface area (Å²) in [5.41, 5.74) is 1.27. The van der Waals surface area contributed by atoms with Crippen LogP contribution in [0.2, 0.25) is 0 Å². The van der Waals surface area contributed by atoms with E-state index in [9.17, 15) is 14.4 Å². The van der Waals surface area contributed by atoms with Crippen molar-refractivity contribution >= 4 is 40.3 Å². The molecule has 1 atom stereocenters. The average Bonchev–Trinajstić information content (AvgIpc) is 2.73. The van der Waals surface area contributed by atoms with Crippen LogP contribution in [0.3, 0.4) is 0 Å². The van der Waals surface area contributed by atoms with Gasteiger partial charge in [0.15, 0.2) is 6.10 Å². The summed E-state index contributed by atoms with van der Waals surface area (Å²) in [6.45, 7) is 2.77. The van der Waals surface area contributed by atoms with Gasteiger partial charge in [-0.3, -0.25) is 9.59 Å². The summed E-state index contributed by atoms with van der Waals surface area (Å²) in [7, 11) is 0. The van der Waals surface area contributed by atoms with Crippen LogP contribution in [0.4, 0.5) is 5.69 Å². The summed E-state index contributed by atoms with van der Waals surface area (Å²) in [6, 6.07) is 22.3. The SMILES string of the molecule is CC(=O)N/C(=C\c1ccccc1)C(=O)O[C@H](C)C(=O)Nc1ccc2ccccc2c1. The van der Waals surface area contributed by atoms with E-state index >= 15 is 0 Å². The second kappa shape index (κ2) is 9.52. The van der Waals surface area contributed by atoms with E-state index in [1.54, 1.807) is 18.2 Å². The second-order valence-electron chi connectivity index (χ2n) is 6.75. The number of rotatable bonds is 6. The first-order valence-electron chi connectivity index (χ1n) is 9.47. The van der Waals surface area contributed by atoms with E-state index in [-0.39, 0.29) is 5.70 Å². The van der Waals surface area contributed by atoms with Crippen molar-refractivity contribution in [2.24, 2.45) is 0 Å². The van der Waals surface area contributed by atoms with Gasteiger partial charge < -0.3 is 15.4 Å². The van der Waals surface area contributed by atoms with Crippen molar-refractivity contribution < 1.29 is 19.1 Å². The molecule has 6 nitrogen and oxygen atoms in total. The van der Waals surface area contributed by atoms with Crippen LogP contribution < -0.4 is 10.6 Å². The largest absolute Gasteiger partial charge is 0.448 e. The van der Waals surface area contributed by atoms with Crippen LogP contribution in [0.25, 0.3) is 16.8 Å². The molecule has 0 fully saturated rings. The molecule has 6 heteroatoms. The van der Waals surface area contributed by atoms with Gasteiger partial charge in [-0.1, -0.05) is 60.7 Å². The van der Waals surface area contributed by atoms with Crippen molar-refractivity contribution in [3.63, 3.8) is 0 Å². The Kier molecular flexibility index (Phi) is 6.60. The smallest absolute Gasteiger partial charge is 0.355 e. The second-order valence-corrected chi connectivity index (χ2v) is 6.75. The van der Waals surface area contributed by atoms with Crippen molar-refractivity contribution in [3.05, 3.63) is 84.1 Å². The molecule has 152 valence electrons. The standard InChI is InChI=1S/C24H22N2O4/c1-16(23(28)26-21-13-12-19-10-6-7-11-20(19)15-21)30-24(29)22(25-17(2)27)14-18-8-4-3-5-9-18/h3-16H,1-2H3,(H,25,27)(H,26,28)/b22-14-/t16-/m1/s1. The zero-order valence-electron chi connectivity index (χ0n) is 16.7. The van der Waals surface area contributed by atoms with Gasteiger partial charge in [-0.2, -0.15) is 0 Å². The zero-order chi connectivity index (χ0) is 21.5. The molecule has 0 aliphatic heterocycles. The van der Waals surface area contributed by atoms with Crippen LogP contribution in [0.15, 0.2) is 78.5 Å². The third-order valence-electron chi connectivity index (χ3n) is 4.31. The molecule has 3 aromatic rings. The van der Waals surface area contributed by atoms with Gasteiger partial charge >= 0.3 is 5.97 Å². The molecule has 3 rings (SSSR count). The maximum atomic E-state index is 12.5. The fourth-order valence-electron chi connectivity index (χ4n) is 2.84. The molecule has 2 N–H and O–H groups in total. The topological polar surface area (TPSA) is 84.5 Å². The fraction of sp³-hybridized carbons (Fsp3) is 0.125. The minimum absolute atomic E-state index is 0.0425. The summed E-state index contributed by atoms with van der Waals surface area (Å²) in [5.74, 6) is -1.68. The van der Waals surface area contributed by atoms with E-state index in [4.69, 9.17) is 4.74 Å². The highest BCUT2D eigenvalue weighted by Crippen LogP contribution is 2.19.